The molecule has 0 atom stereocenters. The van der Waals surface area contributed by atoms with Gasteiger partial charge in [0, 0.05) is 18.1 Å². The van der Waals surface area contributed by atoms with Crippen LogP contribution in [0.1, 0.15) is 17.5 Å². The van der Waals surface area contributed by atoms with Crippen molar-refractivity contribution in [2.45, 2.75) is 13.0 Å². The van der Waals surface area contributed by atoms with Gasteiger partial charge in [0.25, 0.3) is 0 Å². The number of rotatable bonds is 3. The number of hydrogen-bond donors (Lipinski definition) is 0. The molecular formula is C19H18ClNO2. The minimum Gasteiger partial charge on any atom is -0.445 e. The molecule has 23 heavy (non-hydrogen) atoms. The van der Waals surface area contributed by atoms with Gasteiger partial charge in [-0.1, -0.05) is 60.1 Å². The first-order valence-electron chi connectivity index (χ1n) is 7.63. The summed E-state index contributed by atoms with van der Waals surface area (Å²) in [4.78, 5) is 13.8. The first kappa shape index (κ1) is 15.6. The maximum Gasteiger partial charge on any atom is 0.410 e. The zero-order valence-electron chi connectivity index (χ0n) is 12.7. The number of benzene rings is 2. The molecule has 0 bridgehead atoms. The molecule has 0 spiro atoms. The van der Waals surface area contributed by atoms with Gasteiger partial charge in [-0.3, -0.25) is 0 Å². The van der Waals surface area contributed by atoms with Gasteiger partial charge in [0.2, 0.25) is 0 Å². The Labute approximate surface area is 141 Å². The largest absolute Gasteiger partial charge is 0.445 e. The van der Waals surface area contributed by atoms with Gasteiger partial charge in [-0.15, -0.1) is 0 Å². The Bertz CT molecular complexity index is 695. The van der Waals surface area contributed by atoms with Crippen LogP contribution >= 0.6 is 11.6 Å². The van der Waals surface area contributed by atoms with Crippen LogP contribution < -0.4 is 0 Å². The van der Waals surface area contributed by atoms with E-state index in [-0.39, 0.29) is 6.09 Å². The van der Waals surface area contributed by atoms with Crippen LogP contribution in [-0.4, -0.2) is 24.1 Å². The molecule has 4 heteroatoms. The molecule has 1 aliphatic rings. The fourth-order valence-electron chi connectivity index (χ4n) is 2.57. The predicted octanol–water partition coefficient (Wildman–Crippen LogP) is 4.77. The average Bonchev–Trinajstić information content (AvgIpc) is 2.61. The summed E-state index contributed by atoms with van der Waals surface area (Å²) in [7, 11) is 0. The Morgan fingerprint density at radius 1 is 1.09 bits per heavy atom. The van der Waals surface area contributed by atoms with Gasteiger partial charge >= 0.3 is 6.09 Å². The van der Waals surface area contributed by atoms with Crippen molar-refractivity contribution in [3.63, 3.8) is 0 Å². The van der Waals surface area contributed by atoms with Crippen molar-refractivity contribution in [3.8, 4) is 0 Å². The van der Waals surface area contributed by atoms with Crippen molar-refractivity contribution in [3.05, 3.63) is 76.8 Å². The van der Waals surface area contributed by atoms with Crippen LogP contribution in [0.3, 0.4) is 0 Å². The van der Waals surface area contributed by atoms with E-state index in [0.717, 1.165) is 22.6 Å². The summed E-state index contributed by atoms with van der Waals surface area (Å²) in [6, 6.07) is 17.5. The van der Waals surface area contributed by atoms with Crippen LogP contribution in [0.25, 0.3) is 5.57 Å². The Balaban J connectivity index is 1.55. The van der Waals surface area contributed by atoms with E-state index in [2.05, 4.69) is 6.08 Å². The summed E-state index contributed by atoms with van der Waals surface area (Å²) in [5, 5.41) is 0.733. The predicted molar refractivity (Wildman–Crippen MR) is 92.2 cm³/mol. The van der Waals surface area contributed by atoms with Crippen molar-refractivity contribution in [1.82, 2.24) is 4.90 Å². The molecular weight excluding hydrogens is 310 g/mol. The van der Waals surface area contributed by atoms with E-state index < -0.39 is 0 Å². The summed E-state index contributed by atoms with van der Waals surface area (Å²) >= 11 is 5.91. The van der Waals surface area contributed by atoms with Gasteiger partial charge in [0.1, 0.15) is 6.61 Å². The standard InChI is InChI=1S/C19H18ClNO2/c20-18-8-6-16(7-9-18)17-10-12-21(13-11-17)19(22)23-14-15-4-2-1-3-5-15/h1-10H,11-14H2. The van der Waals surface area contributed by atoms with E-state index in [1.165, 1.54) is 5.57 Å². The van der Waals surface area contributed by atoms with Gasteiger partial charge < -0.3 is 9.64 Å². The Hall–Kier alpha value is -2.26. The molecule has 0 fully saturated rings. The zero-order chi connectivity index (χ0) is 16.1. The molecule has 2 aromatic carbocycles. The molecule has 3 nitrogen and oxygen atoms in total. The SMILES string of the molecule is O=C(OCc1ccccc1)N1CC=C(c2ccc(Cl)cc2)CC1. The van der Waals surface area contributed by atoms with Crippen LogP contribution in [0, 0.1) is 0 Å². The third kappa shape index (κ3) is 4.14. The molecule has 1 heterocycles. The summed E-state index contributed by atoms with van der Waals surface area (Å²) in [6.07, 6.45) is 2.64. The highest BCUT2D eigenvalue weighted by molar-refractivity contribution is 6.30. The number of halogens is 1. The molecule has 0 N–H and O–H groups in total. The van der Waals surface area contributed by atoms with Gasteiger partial charge in [-0.2, -0.15) is 0 Å². The maximum absolute atomic E-state index is 12.1. The van der Waals surface area contributed by atoms with E-state index in [1.807, 2.05) is 54.6 Å². The third-order valence-corrected chi connectivity index (χ3v) is 4.14. The number of amides is 1. The molecule has 0 saturated heterocycles. The summed E-state index contributed by atoms with van der Waals surface area (Å²) in [5.41, 5.74) is 3.40. The number of ether oxygens (including phenoxy) is 1. The second kappa shape index (κ2) is 7.34. The molecule has 0 unspecified atom stereocenters. The zero-order valence-corrected chi connectivity index (χ0v) is 13.5. The second-order valence-electron chi connectivity index (χ2n) is 5.47. The summed E-state index contributed by atoms with van der Waals surface area (Å²) in [5.74, 6) is 0. The van der Waals surface area contributed by atoms with Crippen LogP contribution in [0.4, 0.5) is 4.79 Å². The third-order valence-electron chi connectivity index (χ3n) is 3.89. The Morgan fingerprint density at radius 3 is 2.48 bits per heavy atom. The maximum atomic E-state index is 12.1. The first-order valence-corrected chi connectivity index (χ1v) is 8.01. The molecule has 0 saturated carbocycles. The number of carbonyl (C=O) groups excluding carboxylic acids is 1. The van der Waals surface area contributed by atoms with E-state index in [9.17, 15) is 4.79 Å². The highest BCUT2D eigenvalue weighted by atomic mass is 35.5. The minimum absolute atomic E-state index is 0.264. The van der Waals surface area contributed by atoms with E-state index in [4.69, 9.17) is 16.3 Å². The van der Waals surface area contributed by atoms with Gasteiger partial charge in [-0.05, 0) is 35.3 Å². The van der Waals surface area contributed by atoms with E-state index in [1.54, 1.807) is 4.90 Å². The number of nitrogens with zero attached hydrogens (tertiary/aromatic N) is 1. The molecule has 1 aliphatic heterocycles. The first-order chi connectivity index (χ1) is 11.2. The lowest BCUT2D eigenvalue weighted by Gasteiger charge is -2.26. The van der Waals surface area contributed by atoms with Crippen molar-refractivity contribution >= 4 is 23.3 Å². The van der Waals surface area contributed by atoms with Crippen LogP contribution in [0.15, 0.2) is 60.7 Å². The molecule has 2 aromatic rings. The van der Waals surface area contributed by atoms with E-state index in [0.29, 0.717) is 19.7 Å². The highest BCUT2D eigenvalue weighted by Crippen LogP contribution is 2.24. The van der Waals surface area contributed by atoms with Gasteiger partial charge in [0.05, 0.1) is 0 Å². The monoisotopic (exact) mass is 327 g/mol. The van der Waals surface area contributed by atoms with Crippen molar-refractivity contribution in [2.75, 3.05) is 13.1 Å². The topological polar surface area (TPSA) is 29.5 Å². The number of hydrogen-bond acceptors (Lipinski definition) is 2. The molecule has 0 radical (unpaired) electrons. The van der Waals surface area contributed by atoms with Gasteiger partial charge in [0.15, 0.2) is 0 Å². The second-order valence-corrected chi connectivity index (χ2v) is 5.91. The van der Waals surface area contributed by atoms with Gasteiger partial charge in [-0.25, -0.2) is 4.79 Å². The lowest BCUT2D eigenvalue weighted by atomic mass is 10.00. The molecule has 1 amide bonds. The van der Waals surface area contributed by atoms with Crippen LogP contribution in [-0.2, 0) is 11.3 Å². The number of carbonyl (C=O) groups is 1. The molecule has 3 rings (SSSR count). The normalized spacial score (nSPS) is 14.3. The Morgan fingerprint density at radius 2 is 1.83 bits per heavy atom. The van der Waals surface area contributed by atoms with E-state index >= 15 is 0 Å². The summed E-state index contributed by atoms with van der Waals surface area (Å²) < 4.78 is 5.36. The molecule has 0 aromatic heterocycles. The van der Waals surface area contributed by atoms with Crippen LogP contribution in [0.5, 0.6) is 0 Å². The molecule has 0 aliphatic carbocycles. The highest BCUT2D eigenvalue weighted by Gasteiger charge is 2.19. The van der Waals surface area contributed by atoms with Crippen molar-refractivity contribution in [1.29, 1.82) is 0 Å². The fourth-order valence-corrected chi connectivity index (χ4v) is 2.70. The lowest BCUT2D eigenvalue weighted by Crippen LogP contribution is -2.35. The average molecular weight is 328 g/mol. The fraction of sp³-hybridized carbons (Fsp3) is 0.211. The lowest BCUT2D eigenvalue weighted by molar-refractivity contribution is 0.0998. The van der Waals surface area contributed by atoms with Crippen molar-refractivity contribution < 1.29 is 9.53 Å². The quantitative estimate of drug-likeness (QED) is 0.813. The Kier molecular flexibility index (Phi) is 4.99. The smallest absolute Gasteiger partial charge is 0.410 e. The minimum atomic E-state index is -0.264. The van der Waals surface area contributed by atoms with Crippen LogP contribution in [0.2, 0.25) is 5.02 Å². The van der Waals surface area contributed by atoms with Crippen molar-refractivity contribution in [2.24, 2.45) is 0 Å². The molecule has 118 valence electrons. The summed E-state index contributed by atoms with van der Waals surface area (Å²) in [6.45, 7) is 1.55.